The van der Waals surface area contributed by atoms with E-state index in [1.54, 1.807) is 4.90 Å². The summed E-state index contributed by atoms with van der Waals surface area (Å²) >= 11 is 3.80. The van der Waals surface area contributed by atoms with Gasteiger partial charge in [-0.15, -0.1) is 0 Å². The molecule has 0 aromatic heterocycles. The molecular formula is C12H16NO2PS2. The number of carbonyl (C=O) groups is 1. The van der Waals surface area contributed by atoms with Crippen LogP contribution in [0.2, 0.25) is 0 Å². The summed E-state index contributed by atoms with van der Waals surface area (Å²) < 4.78 is 5.76. The van der Waals surface area contributed by atoms with Crippen molar-refractivity contribution in [1.29, 1.82) is 0 Å². The average Bonchev–Trinajstić information content (AvgIpc) is 2.92. The summed E-state index contributed by atoms with van der Waals surface area (Å²) in [7, 11) is 1.82. The van der Waals surface area contributed by atoms with Crippen LogP contribution in [0.5, 0.6) is 0 Å². The van der Waals surface area contributed by atoms with Crippen molar-refractivity contribution in [3.8, 4) is 0 Å². The summed E-state index contributed by atoms with van der Waals surface area (Å²) in [5.74, 6) is 2.43. The fourth-order valence-electron chi connectivity index (χ4n) is 1.49. The molecule has 1 heterocycles. The van der Waals surface area contributed by atoms with Crippen molar-refractivity contribution >= 4 is 35.2 Å². The summed E-state index contributed by atoms with van der Waals surface area (Å²) in [6.45, 7) is 0.918. The zero-order chi connectivity index (χ0) is 12.8. The first kappa shape index (κ1) is 14.2. The quantitative estimate of drug-likeness (QED) is 0.779. The Labute approximate surface area is 117 Å². The summed E-state index contributed by atoms with van der Waals surface area (Å²) in [6.07, 6.45) is 0. The standard InChI is InChI=1S/C12H16NO2PS2/c1-13(7-8-15-16-17-9-10-18-16)12(14)11-5-3-2-4-6-11/h2-6H,7-10H2,1H3. The van der Waals surface area contributed by atoms with Gasteiger partial charge < -0.3 is 9.42 Å². The van der Waals surface area contributed by atoms with E-state index in [1.807, 2.05) is 60.1 Å². The Kier molecular flexibility index (Phi) is 5.83. The molecule has 1 aliphatic rings. The molecular weight excluding hydrogens is 285 g/mol. The Hall–Kier alpha value is -0.220. The van der Waals surface area contributed by atoms with Crippen LogP contribution in [0, 0.1) is 0 Å². The molecule has 0 bridgehead atoms. The number of benzene rings is 1. The third-order valence-electron chi connectivity index (χ3n) is 2.47. The molecule has 0 spiro atoms. The highest BCUT2D eigenvalue weighted by atomic mass is 33.1. The fourth-order valence-corrected chi connectivity index (χ4v) is 8.21. The van der Waals surface area contributed by atoms with Crippen LogP contribution < -0.4 is 0 Å². The van der Waals surface area contributed by atoms with Gasteiger partial charge >= 0.3 is 0 Å². The van der Waals surface area contributed by atoms with Crippen LogP contribution in [0.25, 0.3) is 0 Å². The Balaban J connectivity index is 1.74. The molecule has 1 aromatic rings. The molecule has 1 fully saturated rings. The van der Waals surface area contributed by atoms with Gasteiger partial charge in [0.15, 0.2) is 6.55 Å². The third-order valence-corrected chi connectivity index (χ3v) is 9.20. The van der Waals surface area contributed by atoms with Gasteiger partial charge in [-0.05, 0) is 12.1 Å². The van der Waals surface area contributed by atoms with E-state index in [2.05, 4.69) is 0 Å². The molecule has 2 rings (SSSR count). The second-order valence-electron chi connectivity index (χ2n) is 3.82. The molecule has 0 saturated carbocycles. The van der Waals surface area contributed by atoms with E-state index in [0.29, 0.717) is 13.2 Å². The zero-order valence-electron chi connectivity index (χ0n) is 10.2. The van der Waals surface area contributed by atoms with Gasteiger partial charge in [0.2, 0.25) is 0 Å². The first-order valence-electron chi connectivity index (χ1n) is 5.77. The van der Waals surface area contributed by atoms with E-state index in [4.69, 9.17) is 4.52 Å². The minimum atomic E-state index is -0.354. The maximum Gasteiger partial charge on any atom is 0.253 e. The van der Waals surface area contributed by atoms with Gasteiger partial charge in [-0.1, -0.05) is 41.0 Å². The van der Waals surface area contributed by atoms with Crippen LogP contribution in [-0.4, -0.2) is 42.5 Å². The lowest BCUT2D eigenvalue weighted by Crippen LogP contribution is -2.29. The van der Waals surface area contributed by atoms with E-state index in [9.17, 15) is 4.79 Å². The second-order valence-corrected chi connectivity index (χ2v) is 10.1. The number of nitrogens with zero attached hydrogens (tertiary/aromatic N) is 1. The molecule has 6 heteroatoms. The average molecular weight is 301 g/mol. The van der Waals surface area contributed by atoms with Gasteiger partial charge in [-0.25, -0.2) is 0 Å². The molecule has 0 aliphatic carbocycles. The Morgan fingerprint density at radius 1 is 1.33 bits per heavy atom. The smallest absolute Gasteiger partial charge is 0.253 e. The molecule has 1 aromatic carbocycles. The van der Waals surface area contributed by atoms with Crippen molar-refractivity contribution < 1.29 is 9.32 Å². The number of hydrogen-bond donors (Lipinski definition) is 0. The zero-order valence-corrected chi connectivity index (χ0v) is 12.8. The maximum atomic E-state index is 12.0. The molecule has 98 valence electrons. The predicted octanol–water partition coefficient (Wildman–Crippen LogP) is 3.48. The first-order chi connectivity index (χ1) is 8.77. The summed E-state index contributed by atoms with van der Waals surface area (Å²) in [4.78, 5) is 13.8. The molecule has 0 radical (unpaired) electrons. The minimum Gasteiger partial charge on any atom is -0.339 e. The van der Waals surface area contributed by atoms with Gasteiger partial charge in [0, 0.05) is 30.7 Å². The highest BCUT2D eigenvalue weighted by molar-refractivity contribution is 8.88. The number of amides is 1. The van der Waals surface area contributed by atoms with E-state index in [0.717, 1.165) is 5.56 Å². The van der Waals surface area contributed by atoms with Crippen molar-refractivity contribution in [3.05, 3.63) is 35.9 Å². The highest BCUT2D eigenvalue weighted by Crippen LogP contribution is 2.66. The lowest BCUT2D eigenvalue weighted by atomic mass is 10.2. The summed E-state index contributed by atoms with van der Waals surface area (Å²) in [5, 5.41) is 0. The molecule has 18 heavy (non-hydrogen) atoms. The predicted molar refractivity (Wildman–Crippen MR) is 81.2 cm³/mol. The lowest BCUT2D eigenvalue weighted by molar-refractivity contribution is 0.0777. The van der Waals surface area contributed by atoms with E-state index >= 15 is 0 Å². The van der Waals surface area contributed by atoms with Gasteiger partial charge in [-0.2, -0.15) is 0 Å². The number of likely N-dealkylation sites (N-methyl/N-ethyl adjacent to an activating group) is 1. The van der Waals surface area contributed by atoms with Gasteiger partial charge in [0.25, 0.3) is 5.91 Å². The van der Waals surface area contributed by atoms with E-state index in [1.165, 1.54) is 11.5 Å². The van der Waals surface area contributed by atoms with Crippen LogP contribution in [0.4, 0.5) is 0 Å². The van der Waals surface area contributed by atoms with Crippen molar-refractivity contribution in [2.24, 2.45) is 0 Å². The number of rotatable bonds is 5. The monoisotopic (exact) mass is 301 g/mol. The molecule has 0 N–H and O–H groups in total. The van der Waals surface area contributed by atoms with Crippen LogP contribution in [-0.2, 0) is 4.52 Å². The van der Waals surface area contributed by atoms with Crippen molar-refractivity contribution in [1.82, 2.24) is 4.90 Å². The minimum absolute atomic E-state index is 0.0544. The van der Waals surface area contributed by atoms with Crippen molar-refractivity contribution in [2.45, 2.75) is 0 Å². The van der Waals surface area contributed by atoms with Crippen LogP contribution in [0.3, 0.4) is 0 Å². The lowest BCUT2D eigenvalue weighted by Gasteiger charge is -2.18. The molecule has 1 aliphatic heterocycles. The van der Waals surface area contributed by atoms with Crippen LogP contribution >= 0.6 is 29.3 Å². The number of hydrogen-bond acceptors (Lipinski definition) is 4. The van der Waals surface area contributed by atoms with Crippen molar-refractivity contribution in [3.63, 3.8) is 0 Å². The van der Waals surface area contributed by atoms with Gasteiger partial charge in [0.05, 0.1) is 6.61 Å². The summed E-state index contributed by atoms with van der Waals surface area (Å²) in [5.41, 5.74) is 0.732. The third kappa shape index (κ3) is 4.16. The van der Waals surface area contributed by atoms with Gasteiger partial charge in [-0.3, -0.25) is 4.79 Å². The molecule has 1 saturated heterocycles. The molecule has 0 unspecified atom stereocenters. The molecule has 3 nitrogen and oxygen atoms in total. The van der Waals surface area contributed by atoms with E-state index in [-0.39, 0.29) is 12.5 Å². The first-order valence-corrected chi connectivity index (χ1v) is 10.2. The van der Waals surface area contributed by atoms with Crippen LogP contribution in [0.1, 0.15) is 10.4 Å². The van der Waals surface area contributed by atoms with Crippen molar-refractivity contribution in [2.75, 3.05) is 31.7 Å². The topological polar surface area (TPSA) is 29.5 Å². The maximum absolute atomic E-state index is 12.0. The Bertz CT molecular complexity index is 385. The second kappa shape index (κ2) is 7.39. The largest absolute Gasteiger partial charge is 0.339 e. The van der Waals surface area contributed by atoms with Gasteiger partial charge in [0.1, 0.15) is 0 Å². The molecule has 1 amide bonds. The number of carbonyl (C=O) groups excluding carboxylic acids is 1. The highest BCUT2D eigenvalue weighted by Gasteiger charge is 2.18. The Morgan fingerprint density at radius 3 is 2.67 bits per heavy atom. The summed E-state index contributed by atoms with van der Waals surface area (Å²) in [6, 6.07) is 9.36. The fraction of sp³-hybridized carbons (Fsp3) is 0.417. The SMILES string of the molecule is CN(CCOP1SCCS1)C(=O)c1ccccc1. The Morgan fingerprint density at radius 2 is 2.00 bits per heavy atom. The van der Waals surface area contributed by atoms with E-state index < -0.39 is 0 Å². The normalized spacial score (nSPS) is 15.8. The van der Waals surface area contributed by atoms with Crippen LogP contribution in [0.15, 0.2) is 30.3 Å². The molecule has 0 atom stereocenters.